The predicted octanol–water partition coefficient (Wildman–Crippen LogP) is 3.65. The summed E-state index contributed by atoms with van der Waals surface area (Å²) in [6.45, 7) is 12.5. The van der Waals surface area contributed by atoms with E-state index in [1.165, 1.54) is 24.2 Å². The average Bonchev–Trinajstić information content (AvgIpc) is 3.39. The molecule has 0 radical (unpaired) electrons. The number of β-amino-alcohol motifs (C(OH)–C–C–N with tert-alkyl or cyclic N) is 1. The van der Waals surface area contributed by atoms with Crippen LogP contribution >= 0.6 is 0 Å². The Kier molecular flexibility index (Phi) is 6.62. The first-order valence-corrected chi connectivity index (χ1v) is 14.3. The standard InChI is InChI=1S/C31H41N3O4/c1-30(2)22-10-11-31(3,18-22)29(30)38-20-23(35)19-33-14-12-32(13-15-33)16-17-34-27(36)24-8-4-6-21-7-5-9-25(26(21)24)28(34)37/h4-9,22-23,29,35H,10-20H2,1-3H3. The van der Waals surface area contributed by atoms with Crippen LogP contribution in [0.5, 0.6) is 0 Å². The van der Waals surface area contributed by atoms with Crippen molar-refractivity contribution in [2.45, 2.75) is 52.2 Å². The lowest BCUT2D eigenvalue weighted by Crippen LogP contribution is -2.52. The summed E-state index contributed by atoms with van der Waals surface area (Å²) in [6.07, 6.45) is 3.52. The Balaban J connectivity index is 0.973. The van der Waals surface area contributed by atoms with Crippen molar-refractivity contribution in [3.63, 3.8) is 0 Å². The SMILES string of the molecule is CC12CCC(C1)C(C)(C)C2OCC(O)CN1CCN(CCN2C(=O)c3cccc4cccc(c34)C2=O)CC1. The molecule has 2 heterocycles. The van der Waals surface area contributed by atoms with Gasteiger partial charge >= 0.3 is 0 Å². The molecule has 2 aromatic carbocycles. The molecule has 7 heteroatoms. The number of imide groups is 1. The number of hydrogen-bond donors (Lipinski definition) is 1. The molecule has 0 aromatic heterocycles. The van der Waals surface area contributed by atoms with E-state index in [1.54, 1.807) is 0 Å². The van der Waals surface area contributed by atoms with Crippen LogP contribution in [0.4, 0.5) is 0 Å². The quantitative estimate of drug-likeness (QED) is 0.537. The molecule has 7 nitrogen and oxygen atoms in total. The first-order valence-electron chi connectivity index (χ1n) is 14.3. The molecule has 2 amide bonds. The van der Waals surface area contributed by atoms with Crippen LogP contribution in [0.3, 0.4) is 0 Å². The summed E-state index contributed by atoms with van der Waals surface area (Å²) in [5.41, 5.74) is 1.66. The van der Waals surface area contributed by atoms with E-state index in [1.807, 2.05) is 36.4 Å². The lowest BCUT2D eigenvalue weighted by Gasteiger charge is -2.43. The number of carbonyl (C=O) groups excluding carboxylic acids is 2. The number of hydrogen-bond acceptors (Lipinski definition) is 6. The second-order valence-electron chi connectivity index (χ2n) is 12.9. The van der Waals surface area contributed by atoms with Gasteiger partial charge in [0.05, 0.1) is 18.8 Å². The fourth-order valence-corrected chi connectivity index (χ4v) is 7.95. The summed E-state index contributed by atoms with van der Waals surface area (Å²) < 4.78 is 6.39. The largest absolute Gasteiger partial charge is 0.389 e. The minimum absolute atomic E-state index is 0.185. The fraction of sp³-hybridized carbons (Fsp3) is 0.613. The maximum atomic E-state index is 13.2. The number of aliphatic hydroxyl groups is 1. The summed E-state index contributed by atoms with van der Waals surface area (Å²) in [5, 5.41) is 12.5. The number of carbonyl (C=O) groups is 2. The van der Waals surface area contributed by atoms with E-state index in [0.29, 0.717) is 37.4 Å². The third-order valence-corrected chi connectivity index (χ3v) is 10.0. The van der Waals surface area contributed by atoms with Gasteiger partial charge in [0.2, 0.25) is 0 Å². The van der Waals surface area contributed by atoms with Crippen molar-refractivity contribution in [2.24, 2.45) is 16.7 Å². The number of piperazine rings is 1. The average molecular weight is 520 g/mol. The van der Waals surface area contributed by atoms with Crippen molar-refractivity contribution >= 4 is 22.6 Å². The third kappa shape index (κ3) is 4.37. The van der Waals surface area contributed by atoms with E-state index >= 15 is 0 Å². The van der Waals surface area contributed by atoms with Crippen molar-refractivity contribution in [1.29, 1.82) is 0 Å². The number of ether oxygens (including phenoxy) is 1. The number of nitrogens with zero attached hydrogens (tertiary/aromatic N) is 3. The van der Waals surface area contributed by atoms with Gasteiger partial charge in [0, 0.05) is 62.3 Å². The third-order valence-electron chi connectivity index (χ3n) is 10.0. The Bertz CT molecular complexity index is 1180. The Morgan fingerprint density at radius 3 is 2.18 bits per heavy atom. The van der Waals surface area contributed by atoms with Crippen molar-refractivity contribution in [2.75, 3.05) is 52.4 Å². The molecule has 4 unspecified atom stereocenters. The van der Waals surface area contributed by atoms with E-state index in [-0.39, 0.29) is 28.7 Å². The zero-order valence-corrected chi connectivity index (χ0v) is 23.0. The van der Waals surface area contributed by atoms with Crippen LogP contribution in [0.25, 0.3) is 10.8 Å². The highest BCUT2D eigenvalue weighted by atomic mass is 16.5. The molecule has 2 aromatic rings. The number of aliphatic hydroxyl groups excluding tert-OH is 1. The smallest absolute Gasteiger partial charge is 0.261 e. The monoisotopic (exact) mass is 519 g/mol. The summed E-state index contributed by atoms with van der Waals surface area (Å²) >= 11 is 0. The van der Waals surface area contributed by atoms with Crippen LogP contribution in [-0.4, -0.2) is 96.2 Å². The van der Waals surface area contributed by atoms with E-state index in [2.05, 4.69) is 30.6 Å². The van der Waals surface area contributed by atoms with Gasteiger partial charge in [-0.05, 0) is 53.5 Å². The van der Waals surface area contributed by atoms with Gasteiger partial charge in [-0.15, -0.1) is 0 Å². The molecule has 38 heavy (non-hydrogen) atoms. The summed E-state index contributed by atoms with van der Waals surface area (Å²) in [7, 11) is 0. The Labute approximate surface area is 225 Å². The van der Waals surface area contributed by atoms with Gasteiger partial charge in [0.25, 0.3) is 11.8 Å². The second kappa shape index (κ2) is 9.70. The van der Waals surface area contributed by atoms with Crippen LogP contribution < -0.4 is 0 Å². The molecule has 1 saturated heterocycles. The van der Waals surface area contributed by atoms with Crippen LogP contribution in [0.1, 0.15) is 60.7 Å². The Morgan fingerprint density at radius 2 is 1.58 bits per heavy atom. The zero-order valence-electron chi connectivity index (χ0n) is 23.0. The van der Waals surface area contributed by atoms with Crippen LogP contribution in [0.2, 0.25) is 0 Å². The first kappa shape index (κ1) is 25.9. The number of fused-ring (bicyclic) bond motifs is 2. The molecule has 204 valence electrons. The molecular weight excluding hydrogens is 478 g/mol. The Hall–Kier alpha value is -2.32. The van der Waals surface area contributed by atoms with Gasteiger partial charge in [-0.2, -0.15) is 0 Å². The van der Waals surface area contributed by atoms with Crippen LogP contribution in [0.15, 0.2) is 36.4 Å². The molecule has 4 atom stereocenters. The molecule has 0 spiro atoms. The van der Waals surface area contributed by atoms with Crippen molar-refractivity contribution in [3.8, 4) is 0 Å². The zero-order chi connectivity index (χ0) is 26.7. The molecular formula is C31H41N3O4. The van der Waals surface area contributed by atoms with Crippen LogP contribution in [-0.2, 0) is 4.74 Å². The molecule has 4 aliphatic rings. The van der Waals surface area contributed by atoms with Crippen molar-refractivity contribution in [3.05, 3.63) is 47.5 Å². The highest BCUT2D eigenvalue weighted by Crippen LogP contribution is 2.63. The molecule has 2 saturated carbocycles. The van der Waals surface area contributed by atoms with E-state index in [9.17, 15) is 14.7 Å². The maximum Gasteiger partial charge on any atom is 0.261 e. The predicted molar refractivity (Wildman–Crippen MR) is 147 cm³/mol. The number of benzene rings is 2. The summed E-state index contributed by atoms with van der Waals surface area (Å²) in [4.78, 5) is 32.3. The Morgan fingerprint density at radius 1 is 0.947 bits per heavy atom. The number of amides is 2. The normalized spacial score (nSPS) is 29.9. The van der Waals surface area contributed by atoms with E-state index in [4.69, 9.17) is 4.74 Å². The van der Waals surface area contributed by atoms with Gasteiger partial charge in [-0.3, -0.25) is 24.3 Å². The molecule has 2 aliphatic heterocycles. The molecule has 6 rings (SSSR count). The molecule has 3 fully saturated rings. The minimum atomic E-state index is -0.494. The number of rotatable bonds is 8. The van der Waals surface area contributed by atoms with Gasteiger partial charge in [0.1, 0.15) is 0 Å². The summed E-state index contributed by atoms with van der Waals surface area (Å²) in [6, 6.07) is 11.3. The second-order valence-corrected chi connectivity index (χ2v) is 12.9. The topological polar surface area (TPSA) is 73.3 Å². The lowest BCUT2D eigenvalue weighted by atomic mass is 9.70. The van der Waals surface area contributed by atoms with Gasteiger partial charge in [0.15, 0.2) is 0 Å². The first-order chi connectivity index (χ1) is 18.2. The van der Waals surface area contributed by atoms with Gasteiger partial charge < -0.3 is 9.84 Å². The molecule has 2 bridgehead atoms. The molecule has 2 aliphatic carbocycles. The fourth-order valence-electron chi connectivity index (χ4n) is 7.95. The minimum Gasteiger partial charge on any atom is -0.389 e. The van der Waals surface area contributed by atoms with Crippen LogP contribution in [0, 0.1) is 16.7 Å². The highest BCUT2D eigenvalue weighted by Gasteiger charge is 2.60. The van der Waals surface area contributed by atoms with E-state index in [0.717, 1.165) is 42.9 Å². The summed E-state index contributed by atoms with van der Waals surface area (Å²) in [5.74, 6) is 0.337. The molecule has 1 N–H and O–H groups in total. The van der Waals surface area contributed by atoms with Gasteiger partial charge in [-0.1, -0.05) is 45.0 Å². The van der Waals surface area contributed by atoms with Crippen molar-refractivity contribution in [1.82, 2.24) is 14.7 Å². The van der Waals surface area contributed by atoms with Gasteiger partial charge in [-0.25, -0.2) is 0 Å². The van der Waals surface area contributed by atoms with Crippen molar-refractivity contribution < 1.29 is 19.4 Å². The van der Waals surface area contributed by atoms with E-state index < -0.39 is 6.10 Å². The highest BCUT2D eigenvalue weighted by molar-refractivity contribution is 6.25. The lowest BCUT2D eigenvalue weighted by molar-refractivity contribution is -0.114. The maximum absolute atomic E-state index is 13.2.